The molecule has 0 bridgehead atoms. The van der Waals surface area contributed by atoms with E-state index in [1.54, 1.807) is 6.07 Å². The maximum Gasteiger partial charge on any atom is 0.416 e. The normalized spacial score (nSPS) is 30.2. The number of benzene rings is 1. The Morgan fingerprint density at radius 1 is 1.25 bits per heavy atom. The molecule has 3 heterocycles. The average Bonchev–Trinajstić information content (AvgIpc) is 2.76. The summed E-state index contributed by atoms with van der Waals surface area (Å²) < 4.78 is 45.1. The lowest BCUT2D eigenvalue weighted by molar-refractivity contribution is -0.137. The van der Waals surface area contributed by atoms with Gasteiger partial charge < -0.3 is 20.7 Å². The molecule has 1 aromatic rings. The third-order valence-corrected chi connectivity index (χ3v) is 8.45. The second kappa shape index (κ2) is 8.33. The Morgan fingerprint density at radius 2 is 2.03 bits per heavy atom. The van der Waals surface area contributed by atoms with Gasteiger partial charge in [0, 0.05) is 36.7 Å². The molecule has 3 aliphatic heterocycles. The zero-order chi connectivity index (χ0) is 22.5. The van der Waals surface area contributed by atoms with Crippen molar-refractivity contribution in [2.75, 3.05) is 38.2 Å². The first-order valence-electron chi connectivity index (χ1n) is 12.0. The van der Waals surface area contributed by atoms with Crippen LogP contribution in [0.1, 0.15) is 50.2 Å². The minimum atomic E-state index is -4.30. The Kier molecular flexibility index (Phi) is 5.79. The summed E-state index contributed by atoms with van der Waals surface area (Å²) >= 11 is 0. The number of ether oxygens (including phenoxy) is 1. The summed E-state index contributed by atoms with van der Waals surface area (Å²) in [5.41, 5.74) is 10.1. The standard InChI is InChI=1S/C25H34F3N3O/c1-16-20-13-18-12-19(25(26,27)28)2-3-22(18)30-23(20)14-17-4-8-31(15-21(16)17)9-5-24(29)6-10-32-11-7-24/h2-3,12,16-17,21,30H,4-11,13-15,29H2,1H3/t16-,17?,21+/m0/s1. The fraction of sp³-hybridized carbons (Fsp3) is 0.680. The predicted molar refractivity (Wildman–Crippen MR) is 119 cm³/mol. The first-order chi connectivity index (χ1) is 15.2. The Bertz CT molecular complexity index is 891. The lowest BCUT2D eigenvalue weighted by atomic mass is 9.66. The van der Waals surface area contributed by atoms with Gasteiger partial charge in [-0.1, -0.05) is 6.92 Å². The minimum Gasteiger partial charge on any atom is -0.381 e. The molecule has 2 saturated heterocycles. The Balaban J connectivity index is 1.27. The van der Waals surface area contributed by atoms with Crippen molar-refractivity contribution in [3.05, 3.63) is 40.6 Å². The molecule has 0 spiro atoms. The number of anilines is 1. The fourth-order valence-corrected chi connectivity index (χ4v) is 6.26. The van der Waals surface area contributed by atoms with Crippen LogP contribution in [0.25, 0.3) is 0 Å². The Hall–Kier alpha value is -1.57. The van der Waals surface area contributed by atoms with Crippen LogP contribution in [0.5, 0.6) is 0 Å². The van der Waals surface area contributed by atoms with Gasteiger partial charge in [-0.3, -0.25) is 0 Å². The van der Waals surface area contributed by atoms with Crippen molar-refractivity contribution >= 4 is 5.69 Å². The molecule has 1 aliphatic carbocycles. The first-order valence-corrected chi connectivity index (χ1v) is 12.0. The van der Waals surface area contributed by atoms with Gasteiger partial charge in [-0.25, -0.2) is 0 Å². The fourth-order valence-electron chi connectivity index (χ4n) is 6.26. The molecule has 3 N–H and O–H groups in total. The van der Waals surface area contributed by atoms with Gasteiger partial charge in [0.2, 0.25) is 0 Å². The molecule has 0 aromatic heterocycles. The molecule has 7 heteroatoms. The van der Waals surface area contributed by atoms with E-state index in [0.717, 1.165) is 69.8 Å². The highest BCUT2D eigenvalue weighted by Crippen LogP contribution is 2.47. The summed E-state index contributed by atoms with van der Waals surface area (Å²) in [5, 5.41) is 3.50. The highest BCUT2D eigenvalue weighted by atomic mass is 19.4. The van der Waals surface area contributed by atoms with E-state index in [0.29, 0.717) is 24.2 Å². The van der Waals surface area contributed by atoms with E-state index in [-0.39, 0.29) is 5.54 Å². The van der Waals surface area contributed by atoms with Crippen LogP contribution in [0.2, 0.25) is 0 Å². The zero-order valence-corrected chi connectivity index (χ0v) is 18.8. The van der Waals surface area contributed by atoms with E-state index >= 15 is 0 Å². The third-order valence-electron chi connectivity index (χ3n) is 8.45. The van der Waals surface area contributed by atoms with Crippen molar-refractivity contribution < 1.29 is 17.9 Å². The molecule has 0 radical (unpaired) electrons. The SMILES string of the molecule is C[C@H]1C2=C(CC3CCN(CCC4(N)CCOCC4)C[C@@H]31)Nc1ccc(C(F)(F)F)cc1C2. The number of rotatable bonds is 3. The van der Waals surface area contributed by atoms with Gasteiger partial charge >= 0.3 is 6.18 Å². The number of hydrogen-bond acceptors (Lipinski definition) is 4. The molecular weight excluding hydrogens is 415 g/mol. The van der Waals surface area contributed by atoms with E-state index in [1.165, 1.54) is 29.8 Å². The monoisotopic (exact) mass is 449 g/mol. The lowest BCUT2D eigenvalue weighted by Gasteiger charge is -2.48. The molecule has 3 atom stereocenters. The molecule has 0 saturated carbocycles. The lowest BCUT2D eigenvalue weighted by Crippen LogP contribution is -2.50. The number of fused-ring (bicyclic) bond motifs is 2. The number of halogens is 3. The van der Waals surface area contributed by atoms with Crippen molar-refractivity contribution in [3.8, 4) is 0 Å². The van der Waals surface area contributed by atoms with E-state index < -0.39 is 11.7 Å². The summed E-state index contributed by atoms with van der Waals surface area (Å²) in [5.74, 6) is 1.56. The van der Waals surface area contributed by atoms with Crippen LogP contribution < -0.4 is 11.1 Å². The molecule has 5 rings (SSSR count). The Labute approximate surface area is 188 Å². The molecule has 4 aliphatic rings. The number of hydrogen-bond donors (Lipinski definition) is 2. The van der Waals surface area contributed by atoms with Gasteiger partial charge in [-0.15, -0.1) is 0 Å². The maximum atomic E-state index is 13.2. The van der Waals surface area contributed by atoms with Gasteiger partial charge in [-0.05, 0) is 98.7 Å². The van der Waals surface area contributed by atoms with E-state index in [1.807, 2.05) is 0 Å². The summed E-state index contributed by atoms with van der Waals surface area (Å²) in [7, 11) is 0. The van der Waals surface area contributed by atoms with Crippen LogP contribution in [-0.4, -0.2) is 43.3 Å². The second-order valence-corrected chi connectivity index (χ2v) is 10.4. The predicted octanol–water partition coefficient (Wildman–Crippen LogP) is 4.80. The number of likely N-dealkylation sites (tertiary alicyclic amines) is 1. The largest absolute Gasteiger partial charge is 0.416 e. The van der Waals surface area contributed by atoms with Gasteiger partial charge in [0.1, 0.15) is 0 Å². The molecule has 2 fully saturated rings. The number of allylic oxidation sites excluding steroid dienone is 2. The smallest absolute Gasteiger partial charge is 0.381 e. The molecule has 1 unspecified atom stereocenters. The first kappa shape index (κ1) is 22.2. The van der Waals surface area contributed by atoms with E-state index in [2.05, 4.69) is 17.1 Å². The van der Waals surface area contributed by atoms with Crippen LogP contribution in [0.15, 0.2) is 29.5 Å². The third kappa shape index (κ3) is 4.31. The number of alkyl halides is 3. The van der Waals surface area contributed by atoms with E-state index in [9.17, 15) is 13.2 Å². The zero-order valence-electron chi connectivity index (χ0n) is 18.8. The highest BCUT2D eigenvalue weighted by Gasteiger charge is 2.41. The number of piperidine rings is 1. The average molecular weight is 450 g/mol. The van der Waals surface area contributed by atoms with Crippen LogP contribution in [0.3, 0.4) is 0 Å². The van der Waals surface area contributed by atoms with Crippen molar-refractivity contribution in [1.82, 2.24) is 4.90 Å². The molecule has 176 valence electrons. The molecule has 0 amide bonds. The molecule has 4 nitrogen and oxygen atoms in total. The number of nitrogens with one attached hydrogen (secondary N) is 1. The van der Waals surface area contributed by atoms with Crippen LogP contribution >= 0.6 is 0 Å². The number of nitrogens with two attached hydrogens (primary N) is 1. The van der Waals surface area contributed by atoms with Crippen LogP contribution in [0, 0.1) is 17.8 Å². The topological polar surface area (TPSA) is 50.5 Å². The maximum absolute atomic E-state index is 13.2. The van der Waals surface area contributed by atoms with Crippen LogP contribution in [0.4, 0.5) is 18.9 Å². The molecule has 32 heavy (non-hydrogen) atoms. The molecule has 1 aromatic carbocycles. The summed E-state index contributed by atoms with van der Waals surface area (Å²) in [6, 6.07) is 4.11. The summed E-state index contributed by atoms with van der Waals surface area (Å²) in [6.45, 7) is 6.99. The van der Waals surface area contributed by atoms with Crippen molar-refractivity contribution in [3.63, 3.8) is 0 Å². The highest BCUT2D eigenvalue weighted by molar-refractivity contribution is 5.62. The summed E-state index contributed by atoms with van der Waals surface area (Å²) in [6.07, 6.45) is 1.38. The van der Waals surface area contributed by atoms with Gasteiger partial charge in [0.05, 0.1) is 5.56 Å². The minimum absolute atomic E-state index is 0.101. The van der Waals surface area contributed by atoms with Crippen LogP contribution in [-0.2, 0) is 17.3 Å². The van der Waals surface area contributed by atoms with Gasteiger partial charge in [0.25, 0.3) is 0 Å². The second-order valence-electron chi connectivity index (χ2n) is 10.4. The molecular formula is C25H34F3N3O. The summed E-state index contributed by atoms with van der Waals surface area (Å²) in [4.78, 5) is 2.57. The van der Waals surface area contributed by atoms with Crippen molar-refractivity contribution in [1.29, 1.82) is 0 Å². The van der Waals surface area contributed by atoms with Gasteiger partial charge in [0.15, 0.2) is 0 Å². The quantitative estimate of drug-likeness (QED) is 0.696. The van der Waals surface area contributed by atoms with E-state index in [4.69, 9.17) is 10.5 Å². The van der Waals surface area contributed by atoms with Gasteiger partial charge in [-0.2, -0.15) is 13.2 Å². The van der Waals surface area contributed by atoms with Crippen molar-refractivity contribution in [2.24, 2.45) is 23.5 Å². The number of nitrogens with zero attached hydrogens (tertiary/aromatic N) is 1. The Morgan fingerprint density at radius 3 is 2.78 bits per heavy atom. The van der Waals surface area contributed by atoms with Crippen molar-refractivity contribution in [2.45, 2.75) is 57.2 Å².